The molecule has 1 aromatic heterocycles. The number of thiazole rings is 1. The molecule has 6 nitrogen and oxygen atoms in total. The standard InChI is InChI=1S/C20H22FN3O3S/c1-4-27-14-6-7-16-18(10-14)28-20(23-16)24-19(25)11-22-12(2)13-5-8-17(26-3)15(21)9-13/h5-10,12,22H,4,11H2,1-3H3,(H,23,24,25). The summed E-state index contributed by atoms with van der Waals surface area (Å²) in [6, 6.07) is 10.2. The van der Waals surface area contributed by atoms with E-state index < -0.39 is 5.82 Å². The van der Waals surface area contributed by atoms with Crippen LogP contribution in [0.15, 0.2) is 36.4 Å². The minimum atomic E-state index is -0.431. The van der Waals surface area contributed by atoms with Crippen LogP contribution in [0.25, 0.3) is 10.2 Å². The number of nitrogens with zero attached hydrogens (tertiary/aromatic N) is 1. The molecule has 1 unspecified atom stereocenters. The summed E-state index contributed by atoms with van der Waals surface area (Å²) in [7, 11) is 1.42. The van der Waals surface area contributed by atoms with E-state index in [0.29, 0.717) is 11.7 Å². The van der Waals surface area contributed by atoms with Crippen molar-refractivity contribution in [3.05, 3.63) is 47.8 Å². The van der Waals surface area contributed by atoms with Gasteiger partial charge in [-0.25, -0.2) is 9.37 Å². The topological polar surface area (TPSA) is 72.5 Å². The Hall–Kier alpha value is -2.71. The number of hydrogen-bond donors (Lipinski definition) is 2. The minimum Gasteiger partial charge on any atom is -0.494 e. The predicted octanol–water partition coefficient (Wildman–Crippen LogP) is 4.13. The molecule has 2 aromatic carbocycles. The highest BCUT2D eigenvalue weighted by atomic mass is 32.1. The third kappa shape index (κ3) is 4.76. The van der Waals surface area contributed by atoms with Crippen molar-refractivity contribution in [2.24, 2.45) is 0 Å². The van der Waals surface area contributed by atoms with E-state index in [-0.39, 0.29) is 24.2 Å². The number of benzene rings is 2. The highest BCUT2D eigenvalue weighted by molar-refractivity contribution is 7.22. The van der Waals surface area contributed by atoms with Gasteiger partial charge in [0.2, 0.25) is 5.91 Å². The van der Waals surface area contributed by atoms with Crippen LogP contribution in [-0.4, -0.2) is 31.2 Å². The minimum absolute atomic E-state index is 0.0783. The molecular formula is C20H22FN3O3S. The molecule has 0 fully saturated rings. The number of halogens is 1. The quantitative estimate of drug-likeness (QED) is 0.592. The van der Waals surface area contributed by atoms with Gasteiger partial charge in [-0.15, -0.1) is 0 Å². The molecule has 3 aromatic rings. The van der Waals surface area contributed by atoms with Crippen molar-refractivity contribution in [3.8, 4) is 11.5 Å². The third-order valence-corrected chi connectivity index (χ3v) is 5.10. The van der Waals surface area contributed by atoms with Crippen LogP contribution in [0, 0.1) is 5.82 Å². The molecule has 0 bridgehead atoms. The zero-order chi connectivity index (χ0) is 20.1. The van der Waals surface area contributed by atoms with Crippen molar-refractivity contribution in [3.63, 3.8) is 0 Å². The number of aromatic nitrogens is 1. The number of carbonyl (C=O) groups is 1. The molecule has 0 aliphatic rings. The number of ether oxygens (including phenoxy) is 2. The van der Waals surface area contributed by atoms with Gasteiger partial charge >= 0.3 is 0 Å². The van der Waals surface area contributed by atoms with Crippen molar-refractivity contribution in [2.75, 3.05) is 25.6 Å². The first kappa shape index (κ1) is 20.0. The smallest absolute Gasteiger partial charge is 0.240 e. The summed E-state index contributed by atoms with van der Waals surface area (Å²) >= 11 is 1.39. The molecule has 0 saturated carbocycles. The Morgan fingerprint density at radius 3 is 2.82 bits per heavy atom. The molecule has 0 saturated heterocycles. The number of anilines is 1. The third-order valence-electron chi connectivity index (χ3n) is 4.16. The Bertz CT molecular complexity index is 976. The average Bonchev–Trinajstić information content (AvgIpc) is 3.07. The van der Waals surface area contributed by atoms with Crippen LogP contribution in [0.5, 0.6) is 11.5 Å². The van der Waals surface area contributed by atoms with Crippen LogP contribution in [-0.2, 0) is 4.79 Å². The van der Waals surface area contributed by atoms with Crippen LogP contribution in [0.1, 0.15) is 25.5 Å². The lowest BCUT2D eigenvalue weighted by molar-refractivity contribution is -0.115. The van der Waals surface area contributed by atoms with Gasteiger partial charge in [-0.05, 0) is 49.7 Å². The summed E-state index contributed by atoms with van der Waals surface area (Å²) in [4.78, 5) is 16.6. The fraction of sp³-hybridized carbons (Fsp3) is 0.300. The van der Waals surface area contributed by atoms with Crippen molar-refractivity contribution in [1.29, 1.82) is 0 Å². The van der Waals surface area contributed by atoms with E-state index in [9.17, 15) is 9.18 Å². The van der Waals surface area contributed by atoms with Crippen LogP contribution in [0.3, 0.4) is 0 Å². The molecule has 1 amide bonds. The van der Waals surface area contributed by atoms with Crippen molar-refractivity contribution < 1.29 is 18.7 Å². The van der Waals surface area contributed by atoms with Crippen LogP contribution < -0.4 is 20.1 Å². The maximum Gasteiger partial charge on any atom is 0.240 e. The average molecular weight is 403 g/mol. The maximum absolute atomic E-state index is 13.8. The lowest BCUT2D eigenvalue weighted by Crippen LogP contribution is -2.30. The molecule has 0 spiro atoms. The Morgan fingerprint density at radius 2 is 2.11 bits per heavy atom. The number of carbonyl (C=O) groups excluding carboxylic acids is 1. The van der Waals surface area contributed by atoms with Gasteiger partial charge in [-0.1, -0.05) is 17.4 Å². The summed E-state index contributed by atoms with van der Waals surface area (Å²) in [6.07, 6.45) is 0. The summed E-state index contributed by atoms with van der Waals surface area (Å²) in [5.41, 5.74) is 1.54. The molecule has 3 rings (SSSR count). The lowest BCUT2D eigenvalue weighted by Gasteiger charge is -2.14. The van der Waals surface area contributed by atoms with E-state index >= 15 is 0 Å². The predicted molar refractivity (Wildman–Crippen MR) is 109 cm³/mol. The van der Waals surface area contributed by atoms with Gasteiger partial charge in [-0.2, -0.15) is 0 Å². The van der Waals surface area contributed by atoms with E-state index in [1.807, 2.05) is 32.0 Å². The summed E-state index contributed by atoms with van der Waals surface area (Å²) in [5, 5.41) is 6.40. The first-order valence-electron chi connectivity index (χ1n) is 8.90. The second kappa shape index (κ2) is 8.99. The zero-order valence-corrected chi connectivity index (χ0v) is 16.7. The van der Waals surface area contributed by atoms with Crippen molar-refractivity contribution >= 4 is 32.6 Å². The Kier molecular flexibility index (Phi) is 6.43. The normalized spacial score (nSPS) is 12.0. The van der Waals surface area contributed by atoms with E-state index in [0.717, 1.165) is 21.5 Å². The van der Waals surface area contributed by atoms with E-state index in [1.54, 1.807) is 12.1 Å². The zero-order valence-electron chi connectivity index (χ0n) is 15.9. The molecule has 28 heavy (non-hydrogen) atoms. The van der Waals surface area contributed by atoms with Gasteiger partial charge in [0.15, 0.2) is 16.7 Å². The van der Waals surface area contributed by atoms with Crippen LogP contribution in [0.2, 0.25) is 0 Å². The largest absolute Gasteiger partial charge is 0.494 e. The molecule has 148 valence electrons. The molecule has 2 N–H and O–H groups in total. The Balaban J connectivity index is 1.58. The van der Waals surface area contributed by atoms with Crippen molar-refractivity contribution in [1.82, 2.24) is 10.3 Å². The number of methoxy groups -OCH3 is 1. The molecule has 0 aliphatic heterocycles. The first-order chi connectivity index (χ1) is 13.5. The fourth-order valence-electron chi connectivity index (χ4n) is 2.69. The summed E-state index contributed by atoms with van der Waals surface area (Å²) in [5.74, 6) is 0.319. The van der Waals surface area contributed by atoms with Crippen molar-refractivity contribution in [2.45, 2.75) is 19.9 Å². The van der Waals surface area contributed by atoms with Gasteiger partial charge in [-0.3, -0.25) is 4.79 Å². The van der Waals surface area contributed by atoms with Gasteiger partial charge in [0.25, 0.3) is 0 Å². The van der Waals surface area contributed by atoms with Crippen LogP contribution in [0.4, 0.5) is 9.52 Å². The van der Waals surface area contributed by atoms with E-state index in [2.05, 4.69) is 15.6 Å². The summed E-state index contributed by atoms with van der Waals surface area (Å²) < 4.78 is 25.2. The number of fused-ring (bicyclic) bond motifs is 1. The Morgan fingerprint density at radius 1 is 1.29 bits per heavy atom. The second-order valence-corrected chi connectivity index (χ2v) is 7.16. The number of nitrogens with one attached hydrogen (secondary N) is 2. The monoisotopic (exact) mass is 403 g/mol. The van der Waals surface area contributed by atoms with E-state index in [4.69, 9.17) is 9.47 Å². The lowest BCUT2D eigenvalue weighted by atomic mass is 10.1. The van der Waals surface area contributed by atoms with Gasteiger partial charge in [0.05, 0.1) is 30.5 Å². The second-order valence-electron chi connectivity index (χ2n) is 6.13. The van der Waals surface area contributed by atoms with E-state index in [1.165, 1.54) is 24.5 Å². The Labute approximate surface area is 166 Å². The van der Waals surface area contributed by atoms with Crippen LogP contribution >= 0.6 is 11.3 Å². The SMILES string of the molecule is CCOc1ccc2nc(NC(=O)CNC(C)c3ccc(OC)c(F)c3)sc2c1. The maximum atomic E-state index is 13.8. The summed E-state index contributed by atoms with van der Waals surface area (Å²) in [6.45, 7) is 4.46. The highest BCUT2D eigenvalue weighted by Crippen LogP contribution is 2.29. The molecule has 0 aliphatic carbocycles. The molecule has 8 heteroatoms. The number of rotatable bonds is 8. The first-order valence-corrected chi connectivity index (χ1v) is 9.72. The van der Waals surface area contributed by atoms with Gasteiger partial charge in [0.1, 0.15) is 5.75 Å². The van der Waals surface area contributed by atoms with Gasteiger partial charge in [0, 0.05) is 6.04 Å². The van der Waals surface area contributed by atoms with Gasteiger partial charge < -0.3 is 20.1 Å². The highest BCUT2D eigenvalue weighted by Gasteiger charge is 2.13. The number of amides is 1. The molecule has 1 atom stereocenters. The molecular weight excluding hydrogens is 381 g/mol. The molecule has 1 heterocycles. The molecule has 0 radical (unpaired) electrons. The fourth-order valence-corrected chi connectivity index (χ4v) is 3.60. The number of hydrogen-bond acceptors (Lipinski definition) is 6.